The van der Waals surface area contributed by atoms with Crippen LogP contribution in [0.1, 0.15) is 32.3 Å². The molecule has 0 radical (unpaired) electrons. The van der Waals surface area contributed by atoms with E-state index in [0.29, 0.717) is 12.0 Å². The SMILES string of the molecule is CCC1CCN(c2ccc(C(F)(F)F)cc2)CC(C)CN1. The van der Waals surface area contributed by atoms with Gasteiger partial charge in [-0.2, -0.15) is 13.2 Å². The molecule has 1 aromatic rings. The van der Waals surface area contributed by atoms with Crippen LogP contribution in [0.4, 0.5) is 18.9 Å². The number of halogens is 3. The van der Waals surface area contributed by atoms with Crippen molar-refractivity contribution in [3.8, 4) is 0 Å². The van der Waals surface area contributed by atoms with Crippen LogP contribution in [-0.2, 0) is 6.18 Å². The van der Waals surface area contributed by atoms with E-state index in [4.69, 9.17) is 0 Å². The second kappa shape index (κ2) is 6.69. The Bertz CT molecular complexity index is 442. The number of nitrogens with one attached hydrogen (secondary N) is 1. The van der Waals surface area contributed by atoms with E-state index in [1.54, 1.807) is 12.1 Å². The van der Waals surface area contributed by atoms with Crippen LogP contribution >= 0.6 is 0 Å². The Morgan fingerprint density at radius 3 is 2.48 bits per heavy atom. The van der Waals surface area contributed by atoms with E-state index in [1.807, 2.05) is 0 Å². The monoisotopic (exact) mass is 300 g/mol. The fraction of sp³-hybridized carbons (Fsp3) is 0.625. The van der Waals surface area contributed by atoms with Gasteiger partial charge in [0.1, 0.15) is 0 Å². The second-order valence-corrected chi connectivity index (χ2v) is 5.90. The van der Waals surface area contributed by atoms with Crippen molar-refractivity contribution < 1.29 is 13.2 Å². The summed E-state index contributed by atoms with van der Waals surface area (Å²) in [6.07, 6.45) is -2.17. The molecule has 0 aromatic heterocycles. The maximum absolute atomic E-state index is 12.6. The van der Waals surface area contributed by atoms with Gasteiger partial charge in [-0.1, -0.05) is 13.8 Å². The summed E-state index contributed by atoms with van der Waals surface area (Å²) in [6.45, 7) is 7.03. The zero-order valence-corrected chi connectivity index (χ0v) is 12.6. The van der Waals surface area contributed by atoms with Crippen molar-refractivity contribution >= 4 is 5.69 Å². The molecule has 0 bridgehead atoms. The molecular formula is C16H23F3N2. The molecule has 2 atom stereocenters. The zero-order valence-electron chi connectivity index (χ0n) is 12.6. The maximum Gasteiger partial charge on any atom is 0.416 e. The first kappa shape index (κ1) is 16.1. The fourth-order valence-electron chi connectivity index (χ4n) is 2.76. The highest BCUT2D eigenvalue weighted by molar-refractivity contribution is 5.48. The third-order valence-corrected chi connectivity index (χ3v) is 4.09. The maximum atomic E-state index is 12.6. The summed E-state index contributed by atoms with van der Waals surface area (Å²) in [5.41, 5.74) is 0.297. The molecule has 21 heavy (non-hydrogen) atoms. The largest absolute Gasteiger partial charge is 0.416 e. The minimum atomic E-state index is -4.26. The molecule has 1 heterocycles. The quantitative estimate of drug-likeness (QED) is 0.890. The van der Waals surface area contributed by atoms with Gasteiger partial charge < -0.3 is 10.2 Å². The van der Waals surface area contributed by atoms with Crippen molar-refractivity contribution in [3.63, 3.8) is 0 Å². The van der Waals surface area contributed by atoms with E-state index in [-0.39, 0.29) is 0 Å². The first-order valence-electron chi connectivity index (χ1n) is 7.55. The van der Waals surface area contributed by atoms with Crippen LogP contribution in [0.2, 0.25) is 0 Å². The van der Waals surface area contributed by atoms with Crippen molar-refractivity contribution in [1.82, 2.24) is 5.32 Å². The number of hydrogen-bond donors (Lipinski definition) is 1. The Hall–Kier alpha value is -1.23. The van der Waals surface area contributed by atoms with Crippen LogP contribution in [0.5, 0.6) is 0 Å². The van der Waals surface area contributed by atoms with Gasteiger partial charge in [-0.15, -0.1) is 0 Å². The van der Waals surface area contributed by atoms with Crippen LogP contribution in [0.25, 0.3) is 0 Å². The highest BCUT2D eigenvalue weighted by Gasteiger charge is 2.30. The molecule has 1 N–H and O–H groups in total. The van der Waals surface area contributed by atoms with Crippen LogP contribution in [0.15, 0.2) is 24.3 Å². The van der Waals surface area contributed by atoms with Gasteiger partial charge >= 0.3 is 6.18 Å². The Kier molecular flexibility index (Phi) is 5.14. The molecule has 5 heteroatoms. The minimum absolute atomic E-state index is 0.474. The standard InChI is InChI=1S/C16H23F3N2/c1-3-14-8-9-21(11-12(2)10-20-14)15-6-4-13(5-7-15)16(17,18)19/h4-7,12,14,20H,3,8-11H2,1-2H3. The Morgan fingerprint density at radius 2 is 1.90 bits per heavy atom. The third kappa shape index (κ3) is 4.37. The lowest BCUT2D eigenvalue weighted by Gasteiger charge is -2.33. The van der Waals surface area contributed by atoms with E-state index in [9.17, 15) is 13.2 Å². The molecular weight excluding hydrogens is 277 g/mol. The van der Waals surface area contributed by atoms with Gasteiger partial charge in [-0.25, -0.2) is 0 Å². The van der Waals surface area contributed by atoms with Crippen LogP contribution in [0, 0.1) is 5.92 Å². The van der Waals surface area contributed by atoms with E-state index in [1.165, 1.54) is 12.1 Å². The first-order valence-corrected chi connectivity index (χ1v) is 7.55. The lowest BCUT2D eigenvalue weighted by Crippen LogP contribution is -2.43. The topological polar surface area (TPSA) is 15.3 Å². The average Bonchev–Trinajstić information content (AvgIpc) is 2.42. The van der Waals surface area contributed by atoms with Gasteiger partial charge in [-0.05, 0) is 49.6 Å². The highest BCUT2D eigenvalue weighted by Crippen LogP contribution is 2.30. The summed E-state index contributed by atoms with van der Waals surface area (Å²) >= 11 is 0. The predicted octanol–water partition coefficient (Wildman–Crippen LogP) is 3.92. The van der Waals surface area contributed by atoms with Crippen molar-refractivity contribution in [2.75, 3.05) is 24.5 Å². The van der Waals surface area contributed by atoms with Crippen molar-refractivity contribution in [1.29, 1.82) is 0 Å². The summed E-state index contributed by atoms with van der Waals surface area (Å²) in [6, 6.07) is 6.02. The van der Waals surface area contributed by atoms with Gasteiger partial charge in [0, 0.05) is 24.8 Å². The molecule has 1 saturated heterocycles. The number of rotatable bonds is 2. The molecule has 1 aromatic carbocycles. The molecule has 2 rings (SSSR count). The summed E-state index contributed by atoms with van der Waals surface area (Å²) in [5.74, 6) is 0.474. The summed E-state index contributed by atoms with van der Waals surface area (Å²) in [7, 11) is 0. The molecule has 0 spiro atoms. The molecule has 1 aliphatic heterocycles. The van der Waals surface area contributed by atoms with Crippen molar-refractivity contribution in [2.45, 2.75) is 38.9 Å². The van der Waals surface area contributed by atoms with Gasteiger partial charge in [0.25, 0.3) is 0 Å². The van der Waals surface area contributed by atoms with E-state index in [0.717, 1.165) is 38.2 Å². The molecule has 0 saturated carbocycles. The number of nitrogens with zero attached hydrogens (tertiary/aromatic N) is 1. The van der Waals surface area contributed by atoms with Crippen LogP contribution in [-0.4, -0.2) is 25.7 Å². The normalized spacial score (nSPS) is 24.5. The molecule has 2 nitrogen and oxygen atoms in total. The minimum Gasteiger partial charge on any atom is -0.371 e. The van der Waals surface area contributed by atoms with Crippen molar-refractivity contribution in [3.05, 3.63) is 29.8 Å². The Morgan fingerprint density at radius 1 is 1.24 bits per heavy atom. The molecule has 0 aliphatic carbocycles. The van der Waals surface area contributed by atoms with Crippen molar-refractivity contribution in [2.24, 2.45) is 5.92 Å². The van der Waals surface area contributed by atoms with Gasteiger partial charge in [0.15, 0.2) is 0 Å². The Balaban J connectivity index is 2.11. The second-order valence-electron chi connectivity index (χ2n) is 5.90. The smallest absolute Gasteiger partial charge is 0.371 e. The number of benzene rings is 1. The lowest BCUT2D eigenvalue weighted by atomic mass is 10.0. The third-order valence-electron chi connectivity index (χ3n) is 4.09. The fourth-order valence-corrected chi connectivity index (χ4v) is 2.76. The van der Waals surface area contributed by atoms with Gasteiger partial charge in [-0.3, -0.25) is 0 Å². The number of alkyl halides is 3. The van der Waals surface area contributed by atoms with E-state index >= 15 is 0 Å². The molecule has 1 fully saturated rings. The first-order chi connectivity index (χ1) is 9.90. The van der Waals surface area contributed by atoms with Crippen LogP contribution in [0.3, 0.4) is 0 Å². The van der Waals surface area contributed by atoms with E-state index < -0.39 is 11.7 Å². The highest BCUT2D eigenvalue weighted by atomic mass is 19.4. The summed E-state index contributed by atoms with van der Waals surface area (Å²) in [4.78, 5) is 2.20. The zero-order chi connectivity index (χ0) is 15.5. The molecule has 0 amide bonds. The average molecular weight is 300 g/mol. The van der Waals surface area contributed by atoms with Gasteiger partial charge in [0.05, 0.1) is 5.56 Å². The molecule has 2 unspecified atom stereocenters. The molecule has 1 aliphatic rings. The summed E-state index contributed by atoms with van der Waals surface area (Å²) < 4.78 is 37.9. The van der Waals surface area contributed by atoms with Crippen LogP contribution < -0.4 is 10.2 Å². The van der Waals surface area contributed by atoms with Gasteiger partial charge in [0.2, 0.25) is 0 Å². The number of hydrogen-bond acceptors (Lipinski definition) is 2. The molecule has 118 valence electrons. The Labute approximate surface area is 124 Å². The van der Waals surface area contributed by atoms with E-state index in [2.05, 4.69) is 24.1 Å². The number of anilines is 1. The lowest BCUT2D eigenvalue weighted by molar-refractivity contribution is -0.137. The summed E-state index contributed by atoms with van der Waals surface area (Å²) in [5, 5.41) is 3.55. The predicted molar refractivity (Wildman–Crippen MR) is 79.5 cm³/mol.